The molecule has 0 amide bonds. The number of aromatic nitrogens is 2. The largest absolute Gasteiger partial charge is 0.357 e. The number of nitrogens with zero attached hydrogens (tertiary/aromatic N) is 3. The minimum Gasteiger partial charge on any atom is -0.357 e. The molecule has 1 N–H and O–H groups in total. The Morgan fingerprint density at radius 1 is 1.47 bits per heavy atom. The van der Waals surface area contributed by atoms with E-state index in [1.807, 2.05) is 0 Å². The summed E-state index contributed by atoms with van der Waals surface area (Å²) in [6.45, 7) is 0. The van der Waals surface area contributed by atoms with Crippen LogP contribution in [-0.4, -0.2) is 21.9 Å². The molecular formula is C11H8ClFN4O2. The molecular weight excluding hydrogens is 275 g/mol. The molecule has 98 valence electrons. The van der Waals surface area contributed by atoms with Crippen molar-refractivity contribution in [2.24, 2.45) is 0 Å². The van der Waals surface area contributed by atoms with Gasteiger partial charge in [-0.2, -0.15) is 0 Å². The quantitative estimate of drug-likeness (QED) is 0.691. The molecule has 1 aromatic heterocycles. The van der Waals surface area contributed by atoms with Crippen molar-refractivity contribution in [2.45, 2.75) is 0 Å². The Kier molecular flexibility index (Phi) is 3.57. The molecule has 1 heterocycles. The van der Waals surface area contributed by atoms with E-state index in [1.54, 1.807) is 7.05 Å². The Morgan fingerprint density at radius 2 is 2.21 bits per heavy atom. The summed E-state index contributed by atoms with van der Waals surface area (Å²) in [6.07, 6.45) is 1.05. The summed E-state index contributed by atoms with van der Waals surface area (Å²) < 4.78 is 13.3. The van der Waals surface area contributed by atoms with Crippen LogP contribution < -0.4 is 5.32 Å². The summed E-state index contributed by atoms with van der Waals surface area (Å²) in [6, 6.07) is 3.58. The van der Waals surface area contributed by atoms with Crippen LogP contribution in [0.4, 0.5) is 16.0 Å². The molecule has 0 saturated heterocycles. The molecule has 0 bridgehead atoms. The van der Waals surface area contributed by atoms with Crippen molar-refractivity contribution in [1.29, 1.82) is 0 Å². The minimum atomic E-state index is -0.643. The van der Waals surface area contributed by atoms with Crippen LogP contribution in [0.15, 0.2) is 24.4 Å². The molecule has 19 heavy (non-hydrogen) atoms. The predicted octanol–water partition coefficient (Wildman–Crippen LogP) is 2.89. The monoisotopic (exact) mass is 282 g/mol. The lowest BCUT2D eigenvalue weighted by atomic mass is 10.1. The van der Waals surface area contributed by atoms with E-state index < -0.39 is 10.7 Å². The summed E-state index contributed by atoms with van der Waals surface area (Å²) in [5, 5.41) is 13.8. The van der Waals surface area contributed by atoms with Crippen molar-refractivity contribution in [3.05, 3.63) is 45.4 Å². The zero-order valence-electron chi connectivity index (χ0n) is 9.72. The zero-order chi connectivity index (χ0) is 14.0. The number of hydrogen-bond acceptors (Lipinski definition) is 5. The van der Waals surface area contributed by atoms with Gasteiger partial charge in [0.2, 0.25) is 5.95 Å². The summed E-state index contributed by atoms with van der Waals surface area (Å²) in [5.41, 5.74) is -0.229. The fraction of sp³-hybridized carbons (Fsp3) is 0.0909. The maximum absolute atomic E-state index is 13.3. The maximum atomic E-state index is 13.3. The predicted molar refractivity (Wildman–Crippen MR) is 68.6 cm³/mol. The molecule has 0 unspecified atom stereocenters. The number of anilines is 1. The molecule has 8 heteroatoms. The summed E-state index contributed by atoms with van der Waals surface area (Å²) in [7, 11) is 1.57. The van der Waals surface area contributed by atoms with Crippen molar-refractivity contribution < 1.29 is 9.31 Å². The van der Waals surface area contributed by atoms with Gasteiger partial charge in [-0.05, 0) is 18.2 Å². The standard InChI is InChI=1S/C11H8ClFN4O2/c1-14-11-15-5-9(17(18)19)10(16-11)7-4-6(13)2-3-8(7)12/h2-5H,1H3,(H,14,15,16). The van der Waals surface area contributed by atoms with E-state index in [-0.39, 0.29) is 27.9 Å². The van der Waals surface area contributed by atoms with Crippen LogP contribution in [0.5, 0.6) is 0 Å². The average Bonchev–Trinajstić information content (AvgIpc) is 2.40. The van der Waals surface area contributed by atoms with E-state index in [4.69, 9.17) is 11.6 Å². The number of hydrogen-bond donors (Lipinski definition) is 1. The lowest BCUT2D eigenvalue weighted by molar-refractivity contribution is -0.384. The van der Waals surface area contributed by atoms with Gasteiger partial charge in [-0.15, -0.1) is 0 Å². The molecule has 0 fully saturated rings. The smallest absolute Gasteiger partial charge is 0.313 e. The summed E-state index contributed by atoms with van der Waals surface area (Å²) in [5.74, 6) is -0.376. The number of benzene rings is 1. The Bertz CT molecular complexity index is 651. The van der Waals surface area contributed by atoms with Crippen molar-refractivity contribution >= 4 is 23.2 Å². The fourth-order valence-electron chi connectivity index (χ4n) is 1.51. The second-order valence-electron chi connectivity index (χ2n) is 3.56. The van der Waals surface area contributed by atoms with Gasteiger partial charge in [-0.3, -0.25) is 10.1 Å². The van der Waals surface area contributed by atoms with Gasteiger partial charge in [-0.1, -0.05) is 11.6 Å². The second-order valence-corrected chi connectivity index (χ2v) is 3.97. The first kappa shape index (κ1) is 13.2. The maximum Gasteiger partial charge on any atom is 0.313 e. The first-order valence-corrected chi connectivity index (χ1v) is 5.55. The highest BCUT2D eigenvalue weighted by atomic mass is 35.5. The molecule has 2 aromatic rings. The third-order valence-corrected chi connectivity index (χ3v) is 2.70. The Balaban J connectivity index is 2.71. The van der Waals surface area contributed by atoms with E-state index in [9.17, 15) is 14.5 Å². The van der Waals surface area contributed by atoms with Crippen LogP contribution in [0.25, 0.3) is 11.3 Å². The highest BCUT2D eigenvalue weighted by Gasteiger charge is 2.21. The van der Waals surface area contributed by atoms with Crippen LogP contribution in [0.2, 0.25) is 5.02 Å². The van der Waals surface area contributed by atoms with E-state index in [1.165, 1.54) is 6.07 Å². The van der Waals surface area contributed by atoms with Crippen LogP contribution in [-0.2, 0) is 0 Å². The van der Waals surface area contributed by atoms with E-state index in [2.05, 4.69) is 15.3 Å². The van der Waals surface area contributed by atoms with Gasteiger partial charge in [0.15, 0.2) is 5.69 Å². The van der Waals surface area contributed by atoms with Crippen LogP contribution in [0.1, 0.15) is 0 Å². The van der Waals surface area contributed by atoms with Crippen molar-refractivity contribution in [2.75, 3.05) is 12.4 Å². The van der Waals surface area contributed by atoms with Gasteiger partial charge < -0.3 is 5.32 Å². The van der Waals surface area contributed by atoms with Crippen LogP contribution >= 0.6 is 11.6 Å². The highest BCUT2D eigenvalue weighted by molar-refractivity contribution is 6.33. The lowest BCUT2D eigenvalue weighted by Crippen LogP contribution is -2.02. The topological polar surface area (TPSA) is 81.0 Å². The van der Waals surface area contributed by atoms with Crippen molar-refractivity contribution in [3.8, 4) is 11.3 Å². The number of nitrogens with one attached hydrogen (secondary N) is 1. The molecule has 0 radical (unpaired) electrons. The first-order valence-electron chi connectivity index (χ1n) is 5.17. The second kappa shape index (κ2) is 5.15. The number of halogens is 2. The van der Waals surface area contributed by atoms with Crippen molar-refractivity contribution in [1.82, 2.24) is 9.97 Å². The van der Waals surface area contributed by atoms with Gasteiger partial charge in [-0.25, -0.2) is 14.4 Å². The molecule has 0 aliphatic carbocycles. The third kappa shape index (κ3) is 2.60. The number of nitro groups is 1. The zero-order valence-corrected chi connectivity index (χ0v) is 10.5. The average molecular weight is 283 g/mol. The van der Waals surface area contributed by atoms with E-state index in [0.717, 1.165) is 18.3 Å². The molecule has 2 rings (SSSR count). The van der Waals surface area contributed by atoms with Gasteiger partial charge in [0.1, 0.15) is 12.0 Å². The molecule has 0 spiro atoms. The summed E-state index contributed by atoms with van der Waals surface area (Å²) in [4.78, 5) is 18.0. The van der Waals surface area contributed by atoms with Gasteiger partial charge in [0, 0.05) is 12.6 Å². The van der Waals surface area contributed by atoms with Gasteiger partial charge in [0.05, 0.1) is 9.95 Å². The molecule has 0 aliphatic rings. The fourth-order valence-corrected chi connectivity index (χ4v) is 1.71. The number of rotatable bonds is 3. The molecule has 0 aliphatic heterocycles. The Hall–Kier alpha value is -2.28. The molecule has 1 aromatic carbocycles. The van der Waals surface area contributed by atoms with Crippen LogP contribution in [0.3, 0.4) is 0 Å². The minimum absolute atomic E-state index is 0.0335. The first-order chi connectivity index (χ1) is 9.02. The normalized spacial score (nSPS) is 10.3. The Labute approximate surface area is 112 Å². The van der Waals surface area contributed by atoms with E-state index in [0.29, 0.717) is 0 Å². The molecule has 0 atom stereocenters. The van der Waals surface area contributed by atoms with E-state index >= 15 is 0 Å². The molecule has 0 saturated carbocycles. The third-order valence-electron chi connectivity index (χ3n) is 2.37. The molecule has 6 nitrogen and oxygen atoms in total. The van der Waals surface area contributed by atoms with Gasteiger partial charge in [0.25, 0.3) is 0 Å². The van der Waals surface area contributed by atoms with Crippen molar-refractivity contribution in [3.63, 3.8) is 0 Å². The van der Waals surface area contributed by atoms with Gasteiger partial charge >= 0.3 is 5.69 Å². The van der Waals surface area contributed by atoms with Crippen LogP contribution in [0, 0.1) is 15.9 Å². The highest BCUT2D eigenvalue weighted by Crippen LogP contribution is 2.33. The summed E-state index contributed by atoms with van der Waals surface area (Å²) >= 11 is 5.93. The lowest BCUT2D eigenvalue weighted by Gasteiger charge is -2.06. The SMILES string of the molecule is CNc1ncc([N+](=O)[O-])c(-c2cc(F)ccc2Cl)n1. The Morgan fingerprint density at radius 3 is 2.84 bits per heavy atom.